The molecule has 0 aliphatic rings. The first-order chi connectivity index (χ1) is 9.42. The number of benzene rings is 1. The van der Waals surface area contributed by atoms with Gasteiger partial charge in [-0.3, -0.25) is 0 Å². The number of aromatic nitrogens is 2. The maximum Gasteiger partial charge on any atom is 0.133 e. The number of halogens is 2. The molecule has 2 aromatic rings. The van der Waals surface area contributed by atoms with E-state index >= 15 is 0 Å². The van der Waals surface area contributed by atoms with Gasteiger partial charge in [0.2, 0.25) is 0 Å². The van der Waals surface area contributed by atoms with E-state index in [0.29, 0.717) is 16.3 Å². The van der Waals surface area contributed by atoms with Gasteiger partial charge in [-0.25, -0.2) is 14.4 Å². The van der Waals surface area contributed by atoms with Gasteiger partial charge in [0.05, 0.1) is 5.69 Å². The molecule has 1 heterocycles. The fraction of sp³-hybridized carbons (Fsp3) is 0.333. The minimum atomic E-state index is -0.373. The van der Waals surface area contributed by atoms with Crippen LogP contribution in [-0.4, -0.2) is 17.0 Å². The van der Waals surface area contributed by atoms with Crippen molar-refractivity contribution in [3.05, 3.63) is 40.4 Å². The molecule has 1 aromatic carbocycles. The number of rotatable bonds is 3. The highest BCUT2D eigenvalue weighted by Gasteiger charge is 2.14. The Bertz CT molecular complexity index is 621. The molecule has 20 heavy (non-hydrogen) atoms. The summed E-state index contributed by atoms with van der Waals surface area (Å²) in [4.78, 5) is 9.03. The van der Waals surface area contributed by atoms with Crippen molar-refractivity contribution in [2.45, 2.75) is 26.7 Å². The van der Waals surface area contributed by atoms with Crippen LogP contribution in [-0.2, 0) is 0 Å². The monoisotopic (exact) mass is 293 g/mol. The van der Waals surface area contributed by atoms with Crippen LogP contribution in [0.1, 0.15) is 31.2 Å². The molecule has 0 aliphatic heterocycles. The van der Waals surface area contributed by atoms with E-state index < -0.39 is 0 Å². The third-order valence-electron chi connectivity index (χ3n) is 3.05. The maximum absolute atomic E-state index is 13.5. The summed E-state index contributed by atoms with van der Waals surface area (Å²) in [6, 6.07) is 4.43. The lowest BCUT2D eigenvalue weighted by Gasteiger charge is -2.14. The van der Waals surface area contributed by atoms with E-state index in [-0.39, 0.29) is 11.7 Å². The van der Waals surface area contributed by atoms with Gasteiger partial charge < -0.3 is 5.32 Å². The summed E-state index contributed by atoms with van der Waals surface area (Å²) in [6.45, 7) is 5.95. The maximum atomic E-state index is 13.5. The Morgan fingerprint density at radius 2 is 1.90 bits per heavy atom. The Kier molecular flexibility index (Phi) is 4.23. The average molecular weight is 294 g/mol. The third kappa shape index (κ3) is 2.90. The molecular formula is C15H17ClFN3. The molecule has 0 fully saturated rings. The molecule has 1 N–H and O–H groups in total. The molecule has 0 atom stereocenters. The van der Waals surface area contributed by atoms with Crippen LogP contribution in [0.3, 0.4) is 0 Å². The van der Waals surface area contributed by atoms with Gasteiger partial charge in [-0.1, -0.05) is 25.4 Å². The molecule has 0 unspecified atom stereocenters. The Labute approximate surface area is 123 Å². The van der Waals surface area contributed by atoms with E-state index in [1.807, 2.05) is 27.8 Å². The molecular weight excluding hydrogens is 277 g/mol. The fourth-order valence-electron chi connectivity index (χ4n) is 2.01. The van der Waals surface area contributed by atoms with Crippen LogP contribution in [0.4, 0.5) is 10.2 Å². The van der Waals surface area contributed by atoms with Crippen LogP contribution in [0.15, 0.2) is 18.2 Å². The SMILES string of the molecule is CNc1nc(C(C)C)nc(-c2cc(F)cc(Cl)c2)c1C. The molecule has 0 aliphatic carbocycles. The minimum absolute atomic E-state index is 0.186. The second-order valence-corrected chi connectivity index (χ2v) is 5.40. The lowest BCUT2D eigenvalue weighted by molar-refractivity contribution is 0.628. The van der Waals surface area contributed by atoms with Crippen LogP contribution in [0.2, 0.25) is 5.02 Å². The predicted molar refractivity (Wildman–Crippen MR) is 80.8 cm³/mol. The molecule has 0 radical (unpaired) electrons. The van der Waals surface area contributed by atoms with Crippen LogP contribution in [0.25, 0.3) is 11.3 Å². The highest BCUT2D eigenvalue weighted by Crippen LogP contribution is 2.29. The van der Waals surface area contributed by atoms with Crippen LogP contribution in [0.5, 0.6) is 0 Å². The number of hydrogen-bond donors (Lipinski definition) is 1. The van der Waals surface area contributed by atoms with Crippen molar-refractivity contribution >= 4 is 17.4 Å². The van der Waals surface area contributed by atoms with E-state index in [9.17, 15) is 4.39 Å². The number of nitrogens with zero attached hydrogens (tertiary/aromatic N) is 2. The van der Waals surface area contributed by atoms with E-state index in [2.05, 4.69) is 15.3 Å². The van der Waals surface area contributed by atoms with Gasteiger partial charge in [0.25, 0.3) is 0 Å². The topological polar surface area (TPSA) is 37.8 Å². The summed E-state index contributed by atoms with van der Waals surface area (Å²) in [5.41, 5.74) is 2.24. The molecule has 106 valence electrons. The Balaban J connectivity index is 2.68. The van der Waals surface area contributed by atoms with Crippen molar-refractivity contribution in [3.63, 3.8) is 0 Å². The zero-order valence-corrected chi connectivity index (χ0v) is 12.7. The minimum Gasteiger partial charge on any atom is -0.373 e. The van der Waals surface area contributed by atoms with Crippen molar-refractivity contribution in [3.8, 4) is 11.3 Å². The Morgan fingerprint density at radius 3 is 2.45 bits per heavy atom. The van der Waals surface area contributed by atoms with Gasteiger partial charge in [0.15, 0.2) is 0 Å². The molecule has 0 spiro atoms. The van der Waals surface area contributed by atoms with Crippen molar-refractivity contribution in [2.75, 3.05) is 12.4 Å². The van der Waals surface area contributed by atoms with Crippen LogP contribution < -0.4 is 5.32 Å². The molecule has 1 aromatic heterocycles. The van der Waals surface area contributed by atoms with E-state index in [1.54, 1.807) is 6.07 Å². The lowest BCUT2D eigenvalue weighted by atomic mass is 10.1. The van der Waals surface area contributed by atoms with Gasteiger partial charge >= 0.3 is 0 Å². The predicted octanol–water partition coefficient (Wildman–Crippen LogP) is 4.41. The average Bonchev–Trinajstić information content (AvgIpc) is 2.37. The fourth-order valence-corrected chi connectivity index (χ4v) is 2.23. The molecule has 0 bridgehead atoms. The zero-order valence-electron chi connectivity index (χ0n) is 12.0. The molecule has 0 amide bonds. The third-order valence-corrected chi connectivity index (χ3v) is 3.27. The second-order valence-electron chi connectivity index (χ2n) is 4.97. The summed E-state index contributed by atoms with van der Waals surface area (Å²) < 4.78 is 13.5. The highest BCUT2D eigenvalue weighted by atomic mass is 35.5. The lowest BCUT2D eigenvalue weighted by Crippen LogP contribution is -2.06. The van der Waals surface area contributed by atoms with Gasteiger partial charge in [-0.2, -0.15) is 0 Å². The number of hydrogen-bond acceptors (Lipinski definition) is 3. The molecule has 3 nitrogen and oxygen atoms in total. The Hall–Kier alpha value is -1.68. The summed E-state index contributed by atoms with van der Waals surface area (Å²) in [5, 5.41) is 3.41. The quantitative estimate of drug-likeness (QED) is 0.911. The normalized spacial score (nSPS) is 10.9. The van der Waals surface area contributed by atoms with E-state index in [4.69, 9.17) is 11.6 Å². The first-order valence-electron chi connectivity index (χ1n) is 6.45. The van der Waals surface area contributed by atoms with E-state index in [1.165, 1.54) is 12.1 Å². The van der Waals surface area contributed by atoms with Crippen molar-refractivity contribution in [1.82, 2.24) is 9.97 Å². The smallest absolute Gasteiger partial charge is 0.133 e. The second kappa shape index (κ2) is 5.75. The molecule has 2 rings (SSSR count). The van der Waals surface area contributed by atoms with Crippen molar-refractivity contribution in [1.29, 1.82) is 0 Å². The molecule has 5 heteroatoms. The van der Waals surface area contributed by atoms with Gasteiger partial charge in [0, 0.05) is 29.1 Å². The largest absolute Gasteiger partial charge is 0.373 e. The zero-order chi connectivity index (χ0) is 14.9. The summed E-state index contributed by atoms with van der Waals surface area (Å²) in [7, 11) is 1.81. The van der Waals surface area contributed by atoms with Crippen molar-refractivity contribution < 1.29 is 4.39 Å². The number of anilines is 1. The first-order valence-corrected chi connectivity index (χ1v) is 6.83. The van der Waals surface area contributed by atoms with Crippen LogP contribution in [0, 0.1) is 12.7 Å². The molecule has 0 saturated heterocycles. The van der Waals surface area contributed by atoms with Crippen molar-refractivity contribution in [2.24, 2.45) is 0 Å². The summed E-state index contributed by atoms with van der Waals surface area (Å²) >= 11 is 5.93. The molecule has 0 saturated carbocycles. The number of nitrogens with one attached hydrogen (secondary N) is 1. The first kappa shape index (κ1) is 14.7. The summed E-state index contributed by atoms with van der Waals surface area (Å²) in [6.07, 6.45) is 0. The van der Waals surface area contributed by atoms with E-state index in [0.717, 1.165) is 17.2 Å². The van der Waals surface area contributed by atoms with Gasteiger partial charge in [-0.05, 0) is 25.1 Å². The standard InChI is InChI=1S/C15H17ClFN3/c1-8(2)14-19-13(9(3)15(18-4)20-14)10-5-11(16)7-12(17)6-10/h5-8H,1-4H3,(H,18,19,20). The van der Waals surface area contributed by atoms with Crippen LogP contribution >= 0.6 is 11.6 Å². The summed E-state index contributed by atoms with van der Waals surface area (Å²) in [5.74, 6) is 1.28. The Morgan fingerprint density at radius 1 is 1.20 bits per heavy atom. The van der Waals surface area contributed by atoms with Gasteiger partial charge in [-0.15, -0.1) is 0 Å². The highest BCUT2D eigenvalue weighted by molar-refractivity contribution is 6.30. The van der Waals surface area contributed by atoms with Gasteiger partial charge in [0.1, 0.15) is 17.5 Å².